The van der Waals surface area contributed by atoms with Gasteiger partial charge in [-0.3, -0.25) is 0 Å². The summed E-state index contributed by atoms with van der Waals surface area (Å²) in [6.07, 6.45) is 19.6. The van der Waals surface area contributed by atoms with E-state index in [0.29, 0.717) is 17.5 Å². The molecule has 29 heavy (non-hydrogen) atoms. The smallest absolute Gasteiger partial charge is 0.162 e. The van der Waals surface area contributed by atoms with Gasteiger partial charge in [0.15, 0.2) is 11.6 Å². The largest absolute Gasteiger partial charge is 0.203 e. The summed E-state index contributed by atoms with van der Waals surface area (Å²) in [5.41, 5.74) is 1.18. The predicted octanol–water partition coefficient (Wildman–Crippen LogP) is 8.74. The minimum Gasteiger partial charge on any atom is -0.203 e. The zero-order valence-electron chi connectivity index (χ0n) is 18.6. The Morgan fingerprint density at radius 3 is 2.17 bits per heavy atom. The van der Waals surface area contributed by atoms with E-state index in [-0.39, 0.29) is 5.92 Å². The van der Waals surface area contributed by atoms with Gasteiger partial charge in [-0.05, 0) is 106 Å². The van der Waals surface area contributed by atoms with Crippen LogP contribution in [0.1, 0.15) is 108 Å². The van der Waals surface area contributed by atoms with E-state index in [0.717, 1.165) is 43.4 Å². The predicted molar refractivity (Wildman–Crippen MR) is 119 cm³/mol. The van der Waals surface area contributed by atoms with Crippen LogP contribution in [0.5, 0.6) is 0 Å². The standard InChI is InChI=1S/C27H40F2/c1-3-5-7-8-20-10-12-21(13-11-20)22-14-16-23(17-15-22)25-19-18-24(9-6-4-2)26(28)27(25)29/h3,5,18-23H,4,6-17H2,1-2H3. The summed E-state index contributed by atoms with van der Waals surface area (Å²) in [5, 5.41) is 0. The van der Waals surface area contributed by atoms with Crippen molar-refractivity contribution in [1.82, 2.24) is 0 Å². The average molecular weight is 403 g/mol. The van der Waals surface area contributed by atoms with Crippen LogP contribution in [0.15, 0.2) is 24.3 Å². The van der Waals surface area contributed by atoms with E-state index in [4.69, 9.17) is 0 Å². The molecule has 0 spiro atoms. The summed E-state index contributed by atoms with van der Waals surface area (Å²) in [7, 11) is 0. The van der Waals surface area contributed by atoms with Gasteiger partial charge in [-0.2, -0.15) is 0 Å². The van der Waals surface area contributed by atoms with Crippen molar-refractivity contribution in [1.29, 1.82) is 0 Å². The highest BCUT2D eigenvalue weighted by molar-refractivity contribution is 5.29. The molecular weight excluding hydrogens is 362 g/mol. The Balaban J connectivity index is 1.49. The van der Waals surface area contributed by atoms with Gasteiger partial charge in [0, 0.05) is 0 Å². The van der Waals surface area contributed by atoms with Gasteiger partial charge >= 0.3 is 0 Å². The molecule has 2 fully saturated rings. The molecule has 0 saturated heterocycles. The maximum absolute atomic E-state index is 14.7. The molecule has 2 aliphatic carbocycles. The molecule has 3 rings (SSSR count). The van der Waals surface area contributed by atoms with E-state index in [9.17, 15) is 8.78 Å². The van der Waals surface area contributed by atoms with E-state index in [1.165, 1.54) is 51.4 Å². The third-order valence-electron chi connectivity index (χ3n) is 7.74. The SMILES string of the molecule is CC=CCCC1CCC(C2CCC(c3ccc(CCCC)c(F)c3F)CC2)CC1. The third kappa shape index (κ3) is 5.92. The molecule has 162 valence electrons. The first-order chi connectivity index (χ1) is 14.1. The summed E-state index contributed by atoms with van der Waals surface area (Å²) in [4.78, 5) is 0. The van der Waals surface area contributed by atoms with Crippen LogP contribution in [0.25, 0.3) is 0 Å². The quantitative estimate of drug-likeness (QED) is 0.381. The number of allylic oxidation sites excluding steroid dienone is 2. The topological polar surface area (TPSA) is 0 Å². The van der Waals surface area contributed by atoms with Gasteiger partial charge in [0.25, 0.3) is 0 Å². The summed E-state index contributed by atoms with van der Waals surface area (Å²) >= 11 is 0. The Labute approximate surface area is 177 Å². The highest BCUT2D eigenvalue weighted by Crippen LogP contribution is 2.45. The number of hydrogen-bond acceptors (Lipinski definition) is 0. The summed E-state index contributed by atoms with van der Waals surface area (Å²) in [6, 6.07) is 3.72. The van der Waals surface area contributed by atoms with E-state index in [1.807, 2.05) is 12.1 Å². The van der Waals surface area contributed by atoms with Crippen LogP contribution in [-0.2, 0) is 6.42 Å². The fourth-order valence-corrected chi connectivity index (χ4v) is 5.83. The van der Waals surface area contributed by atoms with Crippen LogP contribution < -0.4 is 0 Å². The van der Waals surface area contributed by atoms with Crippen molar-refractivity contribution in [2.75, 3.05) is 0 Å². The van der Waals surface area contributed by atoms with Gasteiger partial charge in [-0.15, -0.1) is 0 Å². The molecule has 0 bridgehead atoms. The van der Waals surface area contributed by atoms with Crippen LogP contribution in [0.4, 0.5) is 8.78 Å². The summed E-state index contributed by atoms with van der Waals surface area (Å²) in [5.74, 6) is 1.64. The summed E-state index contributed by atoms with van der Waals surface area (Å²) < 4.78 is 29.2. The van der Waals surface area contributed by atoms with Gasteiger partial charge in [-0.25, -0.2) is 8.78 Å². The Kier molecular flexibility index (Phi) is 8.75. The minimum absolute atomic E-state index is 0.207. The maximum Gasteiger partial charge on any atom is 0.162 e. The Hall–Kier alpha value is -1.18. The van der Waals surface area contributed by atoms with E-state index < -0.39 is 11.6 Å². The normalized spacial score (nSPS) is 28.1. The highest BCUT2D eigenvalue weighted by Gasteiger charge is 2.32. The van der Waals surface area contributed by atoms with Gasteiger partial charge in [0.05, 0.1) is 0 Å². The number of aryl methyl sites for hydroxylation is 1. The average Bonchev–Trinajstić information content (AvgIpc) is 2.76. The van der Waals surface area contributed by atoms with Gasteiger partial charge in [0.2, 0.25) is 0 Å². The lowest BCUT2D eigenvalue weighted by molar-refractivity contribution is 0.156. The number of rotatable bonds is 8. The number of hydrogen-bond donors (Lipinski definition) is 0. The third-order valence-corrected chi connectivity index (χ3v) is 7.74. The van der Waals surface area contributed by atoms with Crippen molar-refractivity contribution in [3.05, 3.63) is 47.0 Å². The first-order valence-electron chi connectivity index (χ1n) is 12.2. The molecule has 1 aromatic rings. The lowest BCUT2D eigenvalue weighted by Crippen LogP contribution is -2.25. The first-order valence-corrected chi connectivity index (χ1v) is 12.2. The second-order valence-corrected chi connectivity index (χ2v) is 9.58. The minimum atomic E-state index is -0.589. The zero-order chi connectivity index (χ0) is 20.6. The molecule has 2 saturated carbocycles. The Morgan fingerprint density at radius 2 is 1.55 bits per heavy atom. The molecule has 0 aromatic heterocycles. The van der Waals surface area contributed by atoms with Crippen LogP contribution in [-0.4, -0.2) is 0 Å². The van der Waals surface area contributed by atoms with Crippen molar-refractivity contribution >= 4 is 0 Å². The van der Waals surface area contributed by atoms with Crippen LogP contribution in [0, 0.1) is 29.4 Å². The molecule has 0 N–H and O–H groups in total. The number of benzene rings is 1. The molecule has 1 aromatic carbocycles. The molecule has 0 radical (unpaired) electrons. The van der Waals surface area contributed by atoms with Crippen LogP contribution in [0.2, 0.25) is 0 Å². The molecular formula is C27H40F2. The monoisotopic (exact) mass is 402 g/mol. The Bertz CT molecular complexity index is 647. The van der Waals surface area contributed by atoms with Gasteiger partial charge < -0.3 is 0 Å². The fraction of sp³-hybridized carbons (Fsp3) is 0.704. The maximum atomic E-state index is 14.7. The van der Waals surface area contributed by atoms with Crippen LogP contribution in [0.3, 0.4) is 0 Å². The fourth-order valence-electron chi connectivity index (χ4n) is 5.83. The number of unbranched alkanes of at least 4 members (excludes halogenated alkanes) is 1. The van der Waals surface area contributed by atoms with Crippen molar-refractivity contribution < 1.29 is 8.78 Å². The summed E-state index contributed by atoms with van der Waals surface area (Å²) in [6.45, 7) is 4.19. The van der Waals surface area contributed by atoms with Crippen molar-refractivity contribution in [2.24, 2.45) is 17.8 Å². The molecule has 0 unspecified atom stereocenters. The van der Waals surface area contributed by atoms with Crippen LogP contribution >= 0.6 is 0 Å². The molecule has 2 heteroatoms. The molecule has 0 nitrogen and oxygen atoms in total. The number of halogens is 2. The lowest BCUT2D eigenvalue weighted by Gasteiger charge is -2.38. The Morgan fingerprint density at radius 1 is 0.897 bits per heavy atom. The molecule has 0 aliphatic heterocycles. The molecule has 0 heterocycles. The molecule has 2 aliphatic rings. The van der Waals surface area contributed by atoms with Gasteiger partial charge in [-0.1, -0.05) is 50.5 Å². The first kappa shape index (κ1) is 22.5. The van der Waals surface area contributed by atoms with Crippen molar-refractivity contribution in [3.8, 4) is 0 Å². The van der Waals surface area contributed by atoms with E-state index in [1.54, 1.807) is 0 Å². The van der Waals surface area contributed by atoms with Gasteiger partial charge in [0.1, 0.15) is 0 Å². The zero-order valence-corrected chi connectivity index (χ0v) is 18.6. The second-order valence-electron chi connectivity index (χ2n) is 9.58. The second kappa shape index (κ2) is 11.3. The molecule has 0 amide bonds. The molecule has 0 atom stereocenters. The van der Waals surface area contributed by atoms with Crippen molar-refractivity contribution in [2.45, 2.75) is 103 Å². The van der Waals surface area contributed by atoms with Crippen molar-refractivity contribution in [3.63, 3.8) is 0 Å². The highest BCUT2D eigenvalue weighted by atomic mass is 19.2. The lowest BCUT2D eigenvalue weighted by atomic mass is 9.68. The van der Waals surface area contributed by atoms with E-state index >= 15 is 0 Å². The van der Waals surface area contributed by atoms with E-state index in [2.05, 4.69) is 26.0 Å².